The van der Waals surface area contributed by atoms with Crippen LogP contribution >= 0.6 is 23.4 Å². The molecule has 1 N–H and O–H groups in total. The van der Waals surface area contributed by atoms with Crippen LogP contribution in [0.3, 0.4) is 0 Å². The van der Waals surface area contributed by atoms with Gasteiger partial charge in [0, 0.05) is 29.9 Å². The predicted molar refractivity (Wildman–Crippen MR) is 123 cm³/mol. The molecule has 0 heterocycles. The van der Waals surface area contributed by atoms with Gasteiger partial charge in [-0.2, -0.15) is 0 Å². The molecular weight excluding hydrogens is 420 g/mol. The van der Waals surface area contributed by atoms with Gasteiger partial charge >= 0.3 is 0 Å². The summed E-state index contributed by atoms with van der Waals surface area (Å²) in [5.74, 6) is 1.42. The first-order valence-electron chi connectivity index (χ1n) is 10.0. The van der Waals surface area contributed by atoms with E-state index < -0.39 is 6.04 Å². The number of halogens is 1. The molecule has 2 amide bonds. The van der Waals surface area contributed by atoms with Gasteiger partial charge in [-0.05, 0) is 60.6 Å². The third kappa shape index (κ3) is 7.26. The van der Waals surface area contributed by atoms with Crippen molar-refractivity contribution in [3.63, 3.8) is 0 Å². The average molecular weight is 449 g/mol. The number of rotatable bonds is 11. The third-order valence-electron chi connectivity index (χ3n) is 4.76. The quantitative estimate of drug-likeness (QED) is 0.397. The summed E-state index contributed by atoms with van der Waals surface area (Å²) in [5.41, 5.74) is 0.960. The highest BCUT2D eigenvalue weighted by atomic mass is 35.5. The lowest BCUT2D eigenvalue weighted by Crippen LogP contribution is -2.48. The average Bonchev–Trinajstić information content (AvgIpc) is 2.77. The van der Waals surface area contributed by atoms with E-state index >= 15 is 0 Å². The van der Waals surface area contributed by atoms with Crippen molar-refractivity contribution in [2.45, 2.75) is 43.7 Å². The lowest BCUT2D eigenvalue weighted by atomic mass is 10.1. The smallest absolute Gasteiger partial charge is 0.242 e. The second-order valence-electron chi connectivity index (χ2n) is 6.81. The Balaban J connectivity index is 2.01. The fraction of sp³-hybridized carbons (Fsp3) is 0.391. The highest BCUT2D eigenvalue weighted by Crippen LogP contribution is 2.22. The number of nitrogens with one attached hydrogen (secondary N) is 1. The molecule has 0 aliphatic heterocycles. The van der Waals surface area contributed by atoms with E-state index in [-0.39, 0.29) is 11.8 Å². The van der Waals surface area contributed by atoms with E-state index in [1.807, 2.05) is 55.5 Å². The van der Waals surface area contributed by atoms with Crippen LogP contribution in [-0.4, -0.2) is 42.7 Å². The Hall–Kier alpha value is -2.18. The molecule has 0 radical (unpaired) electrons. The van der Waals surface area contributed by atoms with Crippen molar-refractivity contribution < 1.29 is 14.3 Å². The van der Waals surface area contributed by atoms with Crippen LogP contribution in [0.15, 0.2) is 53.4 Å². The molecule has 30 heavy (non-hydrogen) atoms. The molecule has 7 heteroatoms. The molecule has 162 valence electrons. The Morgan fingerprint density at radius 2 is 1.80 bits per heavy atom. The molecule has 0 aliphatic carbocycles. The number of carbonyl (C=O) groups is 2. The summed E-state index contributed by atoms with van der Waals surface area (Å²) in [4.78, 5) is 28.2. The lowest BCUT2D eigenvalue weighted by Gasteiger charge is -2.30. The number of hydrogen-bond donors (Lipinski definition) is 1. The Morgan fingerprint density at radius 3 is 2.37 bits per heavy atom. The first kappa shape index (κ1) is 24.1. The first-order valence-corrected chi connectivity index (χ1v) is 11.4. The summed E-state index contributed by atoms with van der Waals surface area (Å²) in [6.45, 7) is 2.31. The van der Waals surface area contributed by atoms with Crippen LogP contribution in [0.25, 0.3) is 0 Å². The van der Waals surface area contributed by atoms with E-state index in [0.29, 0.717) is 24.4 Å². The zero-order valence-corrected chi connectivity index (χ0v) is 19.3. The Labute approximate surface area is 188 Å². The van der Waals surface area contributed by atoms with Crippen LogP contribution in [0.5, 0.6) is 5.75 Å². The van der Waals surface area contributed by atoms with Crippen LogP contribution in [0.4, 0.5) is 0 Å². The van der Waals surface area contributed by atoms with E-state index in [0.717, 1.165) is 28.4 Å². The second kappa shape index (κ2) is 12.5. The summed E-state index contributed by atoms with van der Waals surface area (Å²) in [5, 5.41) is 3.39. The molecular formula is C23H29ClN2O3S. The molecule has 5 nitrogen and oxygen atoms in total. The van der Waals surface area contributed by atoms with Crippen LogP contribution in [0.2, 0.25) is 5.02 Å². The van der Waals surface area contributed by atoms with Gasteiger partial charge in [0.1, 0.15) is 11.8 Å². The number of nitrogens with zero attached hydrogens (tertiary/aromatic N) is 1. The largest absolute Gasteiger partial charge is 0.497 e. The maximum absolute atomic E-state index is 13.0. The van der Waals surface area contributed by atoms with Crippen molar-refractivity contribution in [3.05, 3.63) is 59.1 Å². The van der Waals surface area contributed by atoms with Gasteiger partial charge < -0.3 is 15.0 Å². The fourth-order valence-electron chi connectivity index (χ4n) is 3.10. The van der Waals surface area contributed by atoms with Gasteiger partial charge in [0.15, 0.2) is 0 Å². The Morgan fingerprint density at radius 1 is 1.13 bits per heavy atom. The van der Waals surface area contributed by atoms with E-state index in [1.165, 1.54) is 0 Å². The van der Waals surface area contributed by atoms with Gasteiger partial charge in [0.05, 0.1) is 7.11 Å². The molecule has 0 saturated carbocycles. The summed E-state index contributed by atoms with van der Waals surface area (Å²) < 4.78 is 5.20. The van der Waals surface area contributed by atoms with Crippen LogP contribution in [0, 0.1) is 0 Å². The monoisotopic (exact) mass is 448 g/mol. The fourth-order valence-corrected chi connectivity index (χ4v) is 4.08. The molecule has 0 aromatic heterocycles. The van der Waals surface area contributed by atoms with Crippen LogP contribution in [0.1, 0.15) is 31.7 Å². The molecule has 2 rings (SSSR count). The number of methoxy groups -OCH3 is 1. The number of likely N-dealkylation sites (N-methyl/N-ethyl adjacent to an activating group) is 1. The topological polar surface area (TPSA) is 58.6 Å². The molecule has 2 aromatic carbocycles. The van der Waals surface area contributed by atoms with E-state index in [9.17, 15) is 9.59 Å². The minimum Gasteiger partial charge on any atom is -0.497 e. The molecule has 1 atom stereocenters. The first-order chi connectivity index (χ1) is 14.5. The summed E-state index contributed by atoms with van der Waals surface area (Å²) in [7, 11) is 3.22. The molecule has 0 spiro atoms. The minimum atomic E-state index is -0.492. The number of amides is 2. The highest BCUT2D eigenvalue weighted by Gasteiger charge is 2.27. The summed E-state index contributed by atoms with van der Waals surface area (Å²) >= 11 is 7.61. The van der Waals surface area contributed by atoms with Gasteiger partial charge in [0.2, 0.25) is 11.8 Å². The third-order valence-corrected chi connectivity index (χ3v) is 6.11. The van der Waals surface area contributed by atoms with Gasteiger partial charge in [0.25, 0.3) is 0 Å². The van der Waals surface area contributed by atoms with Crippen LogP contribution in [-0.2, 0) is 16.1 Å². The van der Waals surface area contributed by atoms with E-state index in [2.05, 4.69) is 5.32 Å². The lowest BCUT2D eigenvalue weighted by molar-refractivity contribution is -0.141. The molecule has 0 bridgehead atoms. The van der Waals surface area contributed by atoms with E-state index in [1.54, 1.807) is 30.8 Å². The molecule has 2 aromatic rings. The molecule has 0 fully saturated rings. The van der Waals surface area contributed by atoms with Crippen LogP contribution < -0.4 is 10.1 Å². The van der Waals surface area contributed by atoms with Gasteiger partial charge in [-0.25, -0.2) is 0 Å². The summed E-state index contributed by atoms with van der Waals surface area (Å²) in [6.07, 6.45) is 1.68. The molecule has 0 saturated heterocycles. The number of ether oxygens (including phenoxy) is 1. The maximum Gasteiger partial charge on any atom is 0.242 e. The number of thioether (sulfide) groups is 1. The van der Waals surface area contributed by atoms with Gasteiger partial charge in [-0.15, -0.1) is 11.8 Å². The number of hydrogen-bond acceptors (Lipinski definition) is 4. The summed E-state index contributed by atoms with van der Waals surface area (Å²) in [6, 6.07) is 14.8. The van der Waals surface area contributed by atoms with Gasteiger partial charge in [-0.3, -0.25) is 9.59 Å². The number of carbonyl (C=O) groups excluding carboxylic acids is 2. The van der Waals surface area contributed by atoms with Crippen molar-refractivity contribution >= 4 is 35.2 Å². The Bertz CT molecular complexity index is 812. The minimum absolute atomic E-state index is 0.0158. The molecule has 1 unspecified atom stereocenters. The zero-order chi connectivity index (χ0) is 21.9. The normalized spacial score (nSPS) is 11.6. The predicted octanol–water partition coefficient (Wildman–Crippen LogP) is 4.77. The highest BCUT2D eigenvalue weighted by molar-refractivity contribution is 7.99. The Kier molecular flexibility index (Phi) is 10.0. The van der Waals surface area contributed by atoms with Crippen molar-refractivity contribution in [2.24, 2.45) is 0 Å². The number of benzene rings is 2. The standard InChI is InChI=1S/C23H29ClN2O3S/c1-4-21(23(28)25-2)26(16-17-7-11-19(29-3)12-8-17)22(27)6-5-15-30-20-13-9-18(24)10-14-20/h7-14,21H,4-6,15-16H2,1-3H3,(H,25,28). The van der Waals surface area contributed by atoms with Crippen molar-refractivity contribution in [3.8, 4) is 5.75 Å². The SMILES string of the molecule is CCC(C(=O)NC)N(Cc1ccc(OC)cc1)C(=O)CCCSc1ccc(Cl)cc1. The van der Waals surface area contributed by atoms with Crippen molar-refractivity contribution in [2.75, 3.05) is 19.9 Å². The zero-order valence-electron chi connectivity index (χ0n) is 17.7. The second-order valence-corrected chi connectivity index (χ2v) is 8.42. The maximum atomic E-state index is 13.0. The van der Waals surface area contributed by atoms with E-state index in [4.69, 9.17) is 16.3 Å². The van der Waals surface area contributed by atoms with Crippen molar-refractivity contribution in [1.82, 2.24) is 10.2 Å². The molecule has 0 aliphatic rings. The van der Waals surface area contributed by atoms with Gasteiger partial charge in [-0.1, -0.05) is 30.7 Å². The van der Waals surface area contributed by atoms with Crippen molar-refractivity contribution in [1.29, 1.82) is 0 Å².